The Morgan fingerprint density at radius 3 is 2.79 bits per heavy atom. The SMILES string of the molecule is COc1ccccc1Cc1nc2sc3c(c2c(=O)n1C(C)(C)C(=O)O)CCC3. The van der Waals surface area contributed by atoms with E-state index in [9.17, 15) is 14.7 Å². The van der Waals surface area contributed by atoms with E-state index >= 15 is 0 Å². The number of benzene rings is 1. The molecule has 2 heterocycles. The fourth-order valence-electron chi connectivity index (χ4n) is 3.90. The van der Waals surface area contributed by atoms with E-state index in [1.807, 2.05) is 24.3 Å². The van der Waals surface area contributed by atoms with Crippen molar-refractivity contribution in [3.63, 3.8) is 0 Å². The molecule has 1 aromatic carbocycles. The van der Waals surface area contributed by atoms with Gasteiger partial charge in [0.1, 0.15) is 21.9 Å². The number of hydrogen-bond donors (Lipinski definition) is 1. The highest BCUT2D eigenvalue weighted by atomic mass is 32.1. The number of hydrogen-bond acceptors (Lipinski definition) is 5. The van der Waals surface area contributed by atoms with Gasteiger partial charge in [-0.05, 0) is 44.7 Å². The van der Waals surface area contributed by atoms with E-state index in [1.54, 1.807) is 32.3 Å². The van der Waals surface area contributed by atoms with Crippen molar-refractivity contribution in [2.45, 2.75) is 45.1 Å². The summed E-state index contributed by atoms with van der Waals surface area (Å²) in [5.74, 6) is 0.0587. The van der Waals surface area contributed by atoms with Crippen LogP contribution in [-0.2, 0) is 29.6 Å². The third-order valence-electron chi connectivity index (χ3n) is 5.43. The average Bonchev–Trinajstić information content (AvgIpc) is 3.22. The largest absolute Gasteiger partial charge is 0.496 e. The Morgan fingerprint density at radius 1 is 1.32 bits per heavy atom. The van der Waals surface area contributed by atoms with Crippen LogP contribution in [0.5, 0.6) is 5.75 Å². The maximum Gasteiger partial charge on any atom is 0.329 e. The van der Waals surface area contributed by atoms with Gasteiger partial charge in [-0.2, -0.15) is 0 Å². The minimum absolute atomic E-state index is 0.262. The van der Waals surface area contributed by atoms with Crippen molar-refractivity contribution in [3.8, 4) is 5.75 Å². The topological polar surface area (TPSA) is 81.4 Å². The quantitative estimate of drug-likeness (QED) is 0.713. The Morgan fingerprint density at radius 2 is 2.07 bits per heavy atom. The fourth-order valence-corrected chi connectivity index (χ4v) is 5.17. The maximum absolute atomic E-state index is 13.5. The van der Waals surface area contributed by atoms with Crippen LogP contribution in [0.4, 0.5) is 0 Å². The van der Waals surface area contributed by atoms with E-state index in [1.165, 1.54) is 9.44 Å². The molecule has 146 valence electrons. The number of aliphatic carboxylic acids is 1. The Kier molecular flexibility index (Phi) is 4.50. The highest BCUT2D eigenvalue weighted by Gasteiger charge is 2.35. The Balaban J connectivity index is 1.99. The number of thiophene rings is 1. The summed E-state index contributed by atoms with van der Waals surface area (Å²) >= 11 is 1.56. The molecule has 7 heteroatoms. The lowest BCUT2D eigenvalue weighted by atomic mass is 10.0. The van der Waals surface area contributed by atoms with E-state index in [2.05, 4.69) is 0 Å². The van der Waals surface area contributed by atoms with Gasteiger partial charge in [0.05, 0.1) is 12.5 Å². The monoisotopic (exact) mass is 398 g/mol. The molecule has 1 N–H and O–H groups in total. The number of carbonyl (C=O) groups is 1. The summed E-state index contributed by atoms with van der Waals surface area (Å²) in [6.07, 6.45) is 3.15. The highest BCUT2D eigenvalue weighted by molar-refractivity contribution is 7.18. The number of carboxylic acids is 1. The first-order valence-electron chi connectivity index (χ1n) is 9.26. The van der Waals surface area contributed by atoms with Crippen LogP contribution < -0.4 is 10.3 Å². The van der Waals surface area contributed by atoms with Crippen LogP contribution in [0.15, 0.2) is 29.1 Å². The van der Waals surface area contributed by atoms with Gasteiger partial charge in [-0.3, -0.25) is 9.36 Å². The second-order valence-electron chi connectivity index (χ2n) is 7.56. The summed E-state index contributed by atoms with van der Waals surface area (Å²) in [6, 6.07) is 7.51. The van der Waals surface area contributed by atoms with Gasteiger partial charge < -0.3 is 9.84 Å². The molecule has 0 spiro atoms. The van der Waals surface area contributed by atoms with Crippen LogP contribution >= 0.6 is 11.3 Å². The summed E-state index contributed by atoms with van der Waals surface area (Å²) in [7, 11) is 1.59. The van der Waals surface area contributed by atoms with Gasteiger partial charge in [0.15, 0.2) is 0 Å². The zero-order chi connectivity index (χ0) is 20.1. The van der Waals surface area contributed by atoms with Crippen molar-refractivity contribution < 1.29 is 14.6 Å². The number of carboxylic acid groups (broad SMARTS) is 1. The number of ether oxygens (including phenoxy) is 1. The van der Waals surface area contributed by atoms with E-state index in [0.29, 0.717) is 28.2 Å². The number of nitrogens with zero attached hydrogens (tertiary/aromatic N) is 2. The number of aromatic nitrogens is 2. The normalized spacial score (nSPS) is 13.7. The molecule has 0 unspecified atom stereocenters. The van der Waals surface area contributed by atoms with Crippen molar-refractivity contribution >= 4 is 27.5 Å². The van der Waals surface area contributed by atoms with Crippen LogP contribution in [0.1, 0.15) is 42.1 Å². The van der Waals surface area contributed by atoms with Crippen molar-refractivity contribution in [2.75, 3.05) is 7.11 Å². The van der Waals surface area contributed by atoms with Gasteiger partial charge in [0.25, 0.3) is 5.56 Å². The molecule has 0 radical (unpaired) electrons. The third kappa shape index (κ3) is 2.81. The Labute approximate surface area is 166 Å². The molecule has 0 saturated heterocycles. The number of fused-ring (bicyclic) bond motifs is 3. The lowest BCUT2D eigenvalue weighted by Crippen LogP contribution is -2.45. The Hall–Kier alpha value is -2.67. The number of para-hydroxylation sites is 1. The molecule has 0 amide bonds. The summed E-state index contributed by atoms with van der Waals surface area (Å²) in [5.41, 5.74) is 0.233. The number of rotatable bonds is 5. The van der Waals surface area contributed by atoms with Crippen molar-refractivity contribution in [1.82, 2.24) is 9.55 Å². The predicted octanol–water partition coefficient (Wildman–Crippen LogP) is 3.37. The fraction of sp³-hybridized carbons (Fsp3) is 0.381. The second kappa shape index (κ2) is 6.74. The average molecular weight is 398 g/mol. The minimum Gasteiger partial charge on any atom is -0.496 e. The zero-order valence-electron chi connectivity index (χ0n) is 16.1. The van der Waals surface area contributed by atoms with Gasteiger partial charge in [-0.1, -0.05) is 18.2 Å². The highest BCUT2D eigenvalue weighted by Crippen LogP contribution is 2.36. The van der Waals surface area contributed by atoms with Crippen LogP contribution in [0.25, 0.3) is 10.2 Å². The first kappa shape index (κ1) is 18.7. The molecular formula is C21H22N2O4S. The first-order chi connectivity index (χ1) is 13.3. The molecule has 4 rings (SSSR count). The minimum atomic E-state index is -1.41. The standard InChI is InChI=1S/C21H22N2O4S/c1-21(2,20(25)26)23-16(11-12-7-4-5-9-14(12)27-3)22-18-17(19(23)24)13-8-6-10-15(13)28-18/h4-5,7,9H,6,8,10-11H2,1-3H3,(H,25,26). The van der Waals surface area contributed by atoms with Gasteiger partial charge >= 0.3 is 5.97 Å². The zero-order valence-corrected chi connectivity index (χ0v) is 16.9. The van der Waals surface area contributed by atoms with Gasteiger partial charge in [-0.25, -0.2) is 9.78 Å². The van der Waals surface area contributed by atoms with E-state index in [-0.39, 0.29) is 5.56 Å². The van der Waals surface area contributed by atoms with Crippen LogP contribution in [-0.4, -0.2) is 27.7 Å². The van der Waals surface area contributed by atoms with Crippen molar-refractivity contribution in [2.24, 2.45) is 0 Å². The van der Waals surface area contributed by atoms with E-state index < -0.39 is 11.5 Å². The maximum atomic E-state index is 13.5. The molecule has 1 aliphatic carbocycles. The summed E-state index contributed by atoms with van der Waals surface area (Å²) in [6.45, 7) is 3.09. The third-order valence-corrected chi connectivity index (χ3v) is 6.62. The van der Waals surface area contributed by atoms with Crippen LogP contribution in [0.2, 0.25) is 0 Å². The molecule has 0 bridgehead atoms. The summed E-state index contributed by atoms with van der Waals surface area (Å²) in [5, 5.41) is 10.4. The number of methoxy groups -OCH3 is 1. The molecular weight excluding hydrogens is 376 g/mol. The molecule has 28 heavy (non-hydrogen) atoms. The molecule has 0 atom stereocenters. The van der Waals surface area contributed by atoms with Gasteiger partial charge in [-0.15, -0.1) is 11.3 Å². The smallest absolute Gasteiger partial charge is 0.329 e. The molecule has 0 fully saturated rings. The van der Waals surface area contributed by atoms with Crippen molar-refractivity contribution in [3.05, 3.63) is 56.4 Å². The molecule has 3 aromatic rings. The first-order valence-corrected chi connectivity index (χ1v) is 10.1. The molecule has 0 saturated carbocycles. The lowest BCUT2D eigenvalue weighted by Gasteiger charge is -2.26. The molecule has 1 aliphatic rings. The summed E-state index contributed by atoms with van der Waals surface area (Å²) in [4.78, 5) is 32.2. The van der Waals surface area contributed by atoms with E-state index in [4.69, 9.17) is 9.72 Å². The van der Waals surface area contributed by atoms with Gasteiger partial charge in [0.2, 0.25) is 0 Å². The Bertz CT molecular complexity index is 1140. The van der Waals surface area contributed by atoms with Crippen molar-refractivity contribution in [1.29, 1.82) is 0 Å². The molecule has 0 aliphatic heterocycles. The second-order valence-corrected chi connectivity index (χ2v) is 8.64. The lowest BCUT2D eigenvalue weighted by molar-refractivity contribution is -0.146. The van der Waals surface area contributed by atoms with Crippen LogP contribution in [0.3, 0.4) is 0 Å². The number of aryl methyl sites for hydroxylation is 2. The van der Waals surface area contributed by atoms with E-state index in [0.717, 1.165) is 30.4 Å². The van der Waals surface area contributed by atoms with Gasteiger partial charge in [0, 0.05) is 16.9 Å². The molecule has 2 aromatic heterocycles. The predicted molar refractivity (Wildman–Crippen MR) is 109 cm³/mol. The molecule has 6 nitrogen and oxygen atoms in total. The van der Waals surface area contributed by atoms with Crippen LogP contribution in [0, 0.1) is 0 Å². The summed E-state index contributed by atoms with van der Waals surface area (Å²) < 4.78 is 6.79.